The maximum absolute atomic E-state index is 12.8. The van der Waals surface area contributed by atoms with Crippen molar-refractivity contribution >= 4 is 11.8 Å². The number of hydrogen-bond donors (Lipinski definition) is 1. The van der Waals surface area contributed by atoms with Gasteiger partial charge < -0.3 is 19.7 Å². The Morgan fingerprint density at radius 3 is 2.30 bits per heavy atom. The number of ether oxygens (including phenoxy) is 2. The van der Waals surface area contributed by atoms with Crippen molar-refractivity contribution in [3.05, 3.63) is 60.2 Å². The van der Waals surface area contributed by atoms with Gasteiger partial charge in [0.15, 0.2) is 6.61 Å². The van der Waals surface area contributed by atoms with Crippen molar-refractivity contribution in [3.8, 4) is 11.5 Å². The number of carbonyl (C=O) groups is 2. The van der Waals surface area contributed by atoms with Crippen LogP contribution in [0.15, 0.2) is 54.6 Å². The summed E-state index contributed by atoms with van der Waals surface area (Å²) >= 11 is 0. The fourth-order valence-corrected chi connectivity index (χ4v) is 2.58. The molecule has 0 radical (unpaired) electrons. The van der Waals surface area contributed by atoms with E-state index in [0.29, 0.717) is 18.8 Å². The fraction of sp³-hybridized carbons (Fsp3) is 0.333. The highest BCUT2D eigenvalue weighted by atomic mass is 16.5. The zero-order chi connectivity index (χ0) is 19.6. The SMILES string of the molecule is CCNC(=O)[C@H](C)N(Cc1ccc(OC)cc1)C(=O)COc1ccccc1. The van der Waals surface area contributed by atoms with Gasteiger partial charge in [0.05, 0.1) is 7.11 Å². The average molecular weight is 370 g/mol. The summed E-state index contributed by atoms with van der Waals surface area (Å²) in [5, 5.41) is 2.76. The van der Waals surface area contributed by atoms with E-state index in [0.717, 1.165) is 11.3 Å². The normalized spacial score (nSPS) is 11.4. The van der Waals surface area contributed by atoms with Crippen molar-refractivity contribution in [2.45, 2.75) is 26.4 Å². The van der Waals surface area contributed by atoms with Gasteiger partial charge in [-0.05, 0) is 43.7 Å². The summed E-state index contributed by atoms with van der Waals surface area (Å²) in [6.45, 7) is 4.24. The number of methoxy groups -OCH3 is 1. The lowest BCUT2D eigenvalue weighted by Crippen LogP contribution is -2.49. The first-order valence-corrected chi connectivity index (χ1v) is 8.93. The molecule has 6 nitrogen and oxygen atoms in total. The Balaban J connectivity index is 2.11. The van der Waals surface area contributed by atoms with Crippen LogP contribution in [0, 0.1) is 0 Å². The summed E-state index contributed by atoms with van der Waals surface area (Å²) in [5.74, 6) is 0.897. The third kappa shape index (κ3) is 6.02. The molecule has 27 heavy (non-hydrogen) atoms. The van der Waals surface area contributed by atoms with Gasteiger partial charge in [-0.3, -0.25) is 9.59 Å². The molecule has 0 fully saturated rings. The molecule has 0 saturated heterocycles. The van der Waals surface area contributed by atoms with Crippen LogP contribution in [0.25, 0.3) is 0 Å². The predicted molar refractivity (Wildman–Crippen MR) is 104 cm³/mol. The molecule has 0 aliphatic rings. The standard InChI is InChI=1S/C21H26N2O4/c1-4-22-21(25)16(2)23(14-17-10-12-18(26-3)13-11-17)20(24)15-27-19-8-6-5-7-9-19/h5-13,16H,4,14-15H2,1-3H3,(H,22,25)/t16-/m0/s1. The summed E-state index contributed by atoms with van der Waals surface area (Å²) in [4.78, 5) is 26.6. The second kappa shape index (κ2) is 10.2. The Hall–Kier alpha value is -3.02. The average Bonchev–Trinajstić information content (AvgIpc) is 2.71. The third-order valence-electron chi connectivity index (χ3n) is 4.14. The molecule has 144 valence electrons. The summed E-state index contributed by atoms with van der Waals surface area (Å²) in [5.41, 5.74) is 0.903. The summed E-state index contributed by atoms with van der Waals surface area (Å²) in [6, 6.07) is 15.9. The molecule has 2 amide bonds. The fourth-order valence-electron chi connectivity index (χ4n) is 2.58. The van der Waals surface area contributed by atoms with Gasteiger partial charge in [-0.1, -0.05) is 30.3 Å². The van der Waals surface area contributed by atoms with Gasteiger partial charge in [0.2, 0.25) is 5.91 Å². The molecule has 1 atom stereocenters. The molecular weight excluding hydrogens is 344 g/mol. The van der Waals surface area contributed by atoms with Crippen LogP contribution in [0.5, 0.6) is 11.5 Å². The lowest BCUT2D eigenvalue weighted by atomic mass is 10.1. The molecule has 0 saturated carbocycles. The number of likely N-dealkylation sites (N-methyl/N-ethyl adjacent to an activating group) is 1. The van der Waals surface area contributed by atoms with E-state index in [4.69, 9.17) is 9.47 Å². The van der Waals surface area contributed by atoms with Crippen molar-refractivity contribution in [3.63, 3.8) is 0 Å². The maximum Gasteiger partial charge on any atom is 0.261 e. The second-order valence-corrected chi connectivity index (χ2v) is 6.04. The molecule has 0 unspecified atom stereocenters. The molecule has 2 aromatic rings. The van der Waals surface area contributed by atoms with E-state index in [2.05, 4.69) is 5.32 Å². The molecule has 6 heteroatoms. The first-order valence-electron chi connectivity index (χ1n) is 8.93. The molecule has 1 N–H and O–H groups in total. The summed E-state index contributed by atoms with van der Waals surface area (Å²) in [7, 11) is 1.60. The highest BCUT2D eigenvalue weighted by Crippen LogP contribution is 2.15. The molecule has 0 aliphatic carbocycles. The Morgan fingerprint density at radius 1 is 1.04 bits per heavy atom. The Bertz CT molecular complexity index is 732. The van der Waals surface area contributed by atoms with Crippen LogP contribution in [-0.4, -0.2) is 43.0 Å². The largest absolute Gasteiger partial charge is 0.497 e. The number of nitrogens with one attached hydrogen (secondary N) is 1. The second-order valence-electron chi connectivity index (χ2n) is 6.04. The number of amides is 2. The van der Waals surface area contributed by atoms with Gasteiger partial charge in [-0.2, -0.15) is 0 Å². The van der Waals surface area contributed by atoms with Crippen molar-refractivity contribution < 1.29 is 19.1 Å². The van der Waals surface area contributed by atoms with Crippen LogP contribution in [0.2, 0.25) is 0 Å². The summed E-state index contributed by atoms with van der Waals surface area (Å²) in [6.07, 6.45) is 0. The third-order valence-corrected chi connectivity index (χ3v) is 4.14. The monoisotopic (exact) mass is 370 g/mol. The number of rotatable bonds is 9. The minimum absolute atomic E-state index is 0.135. The molecule has 2 aromatic carbocycles. The molecule has 0 heterocycles. The van der Waals surface area contributed by atoms with Gasteiger partial charge in [-0.15, -0.1) is 0 Å². The lowest BCUT2D eigenvalue weighted by Gasteiger charge is -2.28. The molecule has 0 aromatic heterocycles. The van der Waals surface area contributed by atoms with E-state index in [9.17, 15) is 9.59 Å². The van der Waals surface area contributed by atoms with E-state index in [-0.39, 0.29) is 18.4 Å². The molecule has 2 rings (SSSR count). The first kappa shape index (κ1) is 20.3. The van der Waals surface area contributed by atoms with Crippen molar-refractivity contribution in [2.75, 3.05) is 20.3 Å². The molecule has 0 bridgehead atoms. The lowest BCUT2D eigenvalue weighted by molar-refractivity contribution is -0.142. The minimum Gasteiger partial charge on any atom is -0.497 e. The van der Waals surface area contributed by atoms with Crippen LogP contribution in [0.1, 0.15) is 19.4 Å². The van der Waals surface area contributed by atoms with Gasteiger partial charge >= 0.3 is 0 Å². The molecule has 0 aliphatic heterocycles. The van der Waals surface area contributed by atoms with E-state index >= 15 is 0 Å². The molecule has 0 spiro atoms. The van der Waals surface area contributed by atoms with Gasteiger partial charge in [-0.25, -0.2) is 0 Å². The van der Waals surface area contributed by atoms with Crippen LogP contribution >= 0.6 is 0 Å². The predicted octanol–water partition coefficient (Wildman–Crippen LogP) is 2.63. The number of para-hydroxylation sites is 1. The van der Waals surface area contributed by atoms with Crippen molar-refractivity contribution in [2.24, 2.45) is 0 Å². The van der Waals surface area contributed by atoms with Gasteiger partial charge in [0.1, 0.15) is 17.5 Å². The zero-order valence-electron chi connectivity index (χ0n) is 16.0. The maximum atomic E-state index is 12.8. The van der Waals surface area contributed by atoms with E-state index in [1.54, 1.807) is 26.2 Å². The van der Waals surface area contributed by atoms with E-state index in [1.807, 2.05) is 49.4 Å². The van der Waals surface area contributed by atoms with Crippen LogP contribution in [0.3, 0.4) is 0 Å². The number of carbonyl (C=O) groups excluding carboxylic acids is 2. The van der Waals surface area contributed by atoms with Gasteiger partial charge in [0, 0.05) is 13.1 Å². The van der Waals surface area contributed by atoms with Crippen molar-refractivity contribution in [1.29, 1.82) is 0 Å². The Morgan fingerprint density at radius 2 is 1.70 bits per heavy atom. The van der Waals surface area contributed by atoms with Crippen LogP contribution in [0.4, 0.5) is 0 Å². The topological polar surface area (TPSA) is 67.9 Å². The van der Waals surface area contributed by atoms with E-state index < -0.39 is 6.04 Å². The molecular formula is C21H26N2O4. The van der Waals surface area contributed by atoms with E-state index in [1.165, 1.54) is 4.90 Å². The number of hydrogen-bond acceptors (Lipinski definition) is 4. The first-order chi connectivity index (χ1) is 13.0. The Labute approximate surface area is 160 Å². The van der Waals surface area contributed by atoms with Crippen LogP contribution in [-0.2, 0) is 16.1 Å². The van der Waals surface area contributed by atoms with Gasteiger partial charge in [0.25, 0.3) is 5.91 Å². The Kier molecular flexibility index (Phi) is 7.67. The quantitative estimate of drug-likeness (QED) is 0.737. The number of nitrogens with zero attached hydrogens (tertiary/aromatic N) is 1. The minimum atomic E-state index is -0.612. The number of benzene rings is 2. The summed E-state index contributed by atoms with van der Waals surface area (Å²) < 4.78 is 10.7. The highest BCUT2D eigenvalue weighted by Gasteiger charge is 2.26. The highest BCUT2D eigenvalue weighted by molar-refractivity contribution is 5.87. The van der Waals surface area contributed by atoms with Crippen LogP contribution < -0.4 is 14.8 Å². The van der Waals surface area contributed by atoms with Crippen molar-refractivity contribution in [1.82, 2.24) is 10.2 Å². The zero-order valence-corrected chi connectivity index (χ0v) is 16.0. The smallest absolute Gasteiger partial charge is 0.261 e.